The lowest BCUT2D eigenvalue weighted by Gasteiger charge is -2.06. The number of aryl methyl sites for hydroxylation is 1. The van der Waals surface area contributed by atoms with E-state index in [1.165, 1.54) is 0 Å². The number of rotatable bonds is 5. The van der Waals surface area contributed by atoms with E-state index in [-0.39, 0.29) is 30.8 Å². The van der Waals surface area contributed by atoms with Gasteiger partial charge < -0.3 is 10.3 Å². The van der Waals surface area contributed by atoms with Crippen LogP contribution in [0.3, 0.4) is 0 Å². The van der Waals surface area contributed by atoms with Gasteiger partial charge in [-0.15, -0.1) is 12.4 Å². The van der Waals surface area contributed by atoms with Crippen LogP contribution < -0.4 is 11.1 Å². The van der Waals surface area contributed by atoms with Gasteiger partial charge in [0.2, 0.25) is 11.8 Å². The number of anilines is 1. The largest absolute Gasteiger partial charge is 0.338 e. The van der Waals surface area contributed by atoms with Crippen LogP contribution in [0.25, 0.3) is 22.4 Å². The number of nitrogens with one attached hydrogen (secondary N) is 1. The van der Waals surface area contributed by atoms with Crippen LogP contribution in [0.5, 0.6) is 0 Å². The van der Waals surface area contributed by atoms with Gasteiger partial charge in [-0.05, 0) is 5.56 Å². The molecule has 7 nitrogen and oxygen atoms in total. The van der Waals surface area contributed by atoms with Gasteiger partial charge in [0.25, 0.3) is 0 Å². The Kier molecular flexibility index (Phi) is 5.95. The van der Waals surface area contributed by atoms with Crippen molar-refractivity contribution in [3.8, 4) is 22.4 Å². The van der Waals surface area contributed by atoms with Crippen molar-refractivity contribution in [3.05, 3.63) is 42.7 Å². The molecule has 8 heteroatoms. The molecule has 3 rings (SSSR count). The van der Waals surface area contributed by atoms with E-state index in [0.29, 0.717) is 11.6 Å². The maximum atomic E-state index is 11.8. The first-order valence-electron chi connectivity index (χ1n) is 7.64. The number of amides is 1. The molecule has 1 aromatic carbocycles. The predicted molar refractivity (Wildman–Crippen MR) is 98.2 cm³/mol. The van der Waals surface area contributed by atoms with Crippen molar-refractivity contribution in [1.29, 1.82) is 0 Å². The molecule has 132 valence electrons. The van der Waals surface area contributed by atoms with Crippen LogP contribution in [-0.4, -0.2) is 27.4 Å². The minimum absolute atomic E-state index is 0. The lowest BCUT2D eigenvalue weighted by molar-refractivity contribution is -0.119. The number of nitrogens with zero attached hydrogens (tertiary/aromatic N) is 3. The maximum absolute atomic E-state index is 11.8. The van der Waals surface area contributed by atoms with Crippen LogP contribution in [0.15, 0.2) is 47.2 Å². The zero-order chi connectivity index (χ0) is 17.1. The van der Waals surface area contributed by atoms with Crippen molar-refractivity contribution in [2.45, 2.75) is 6.92 Å². The Morgan fingerprint density at radius 2 is 1.96 bits per heavy atom. The molecule has 2 heterocycles. The maximum Gasteiger partial charge on any atom is 0.231 e. The minimum Gasteiger partial charge on any atom is -0.338 e. The molecule has 0 saturated heterocycles. The van der Waals surface area contributed by atoms with Crippen LogP contribution in [-0.2, 0) is 11.8 Å². The first kappa shape index (κ1) is 18.7. The average Bonchev–Trinajstić information content (AvgIpc) is 3.23. The molecule has 1 amide bonds. The molecule has 0 spiro atoms. The zero-order valence-electron chi connectivity index (χ0n) is 14.0. The van der Waals surface area contributed by atoms with Crippen molar-refractivity contribution in [1.82, 2.24) is 14.9 Å². The van der Waals surface area contributed by atoms with E-state index in [2.05, 4.69) is 15.6 Å². The lowest BCUT2D eigenvalue weighted by atomic mass is 10.1. The van der Waals surface area contributed by atoms with E-state index in [1.807, 2.05) is 43.7 Å². The Balaban J connectivity index is 0.00000225. The molecule has 0 radical (unpaired) electrons. The summed E-state index contributed by atoms with van der Waals surface area (Å²) in [7, 11) is 1.88. The summed E-state index contributed by atoms with van der Waals surface area (Å²) in [5.74, 6) is -0.156. The van der Waals surface area contributed by atoms with Gasteiger partial charge in [-0.2, -0.15) is 5.10 Å². The summed E-state index contributed by atoms with van der Waals surface area (Å²) in [6.07, 6.45) is 3.77. The summed E-state index contributed by atoms with van der Waals surface area (Å²) >= 11 is 0. The topological polar surface area (TPSA) is 99.0 Å². The van der Waals surface area contributed by atoms with Gasteiger partial charge in [-0.25, -0.2) is 0 Å². The van der Waals surface area contributed by atoms with Gasteiger partial charge in [0.1, 0.15) is 5.69 Å². The number of halogens is 1. The summed E-state index contributed by atoms with van der Waals surface area (Å²) in [4.78, 5) is 11.8. The fourth-order valence-corrected chi connectivity index (χ4v) is 2.23. The number of benzene rings is 1. The van der Waals surface area contributed by atoms with Gasteiger partial charge in [0, 0.05) is 42.9 Å². The van der Waals surface area contributed by atoms with E-state index in [0.717, 1.165) is 16.7 Å². The first-order chi connectivity index (χ1) is 11.6. The number of hydrogen-bond donors (Lipinski definition) is 2. The predicted octanol–water partition coefficient (Wildman–Crippen LogP) is 2.70. The number of hydrogen-bond acceptors (Lipinski definition) is 5. The smallest absolute Gasteiger partial charge is 0.231 e. The molecule has 0 aliphatic rings. The van der Waals surface area contributed by atoms with Gasteiger partial charge in [0.05, 0.1) is 6.20 Å². The highest BCUT2D eigenvalue weighted by molar-refractivity contribution is 5.91. The highest BCUT2D eigenvalue weighted by Crippen LogP contribution is 2.25. The molecule has 0 bridgehead atoms. The summed E-state index contributed by atoms with van der Waals surface area (Å²) in [5, 5.41) is 10.8. The number of nitrogens with two attached hydrogens (primary N) is 1. The van der Waals surface area contributed by atoms with Crippen LogP contribution >= 0.6 is 12.4 Å². The SMILES string of the molecule is C[C@@H](CN)C(=O)Nc1cc(-c2ccc(-c3cnn(C)c3)cc2)no1.Cl. The molecule has 0 fully saturated rings. The highest BCUT2D eigenvalue weighted by Gasteiger charge is 2.14. The third kappa shape index (κ3) is 4.26. The van der Waals surface area contributed by atoms with E-state index in [9.17, 15) is 4.79 Å². The molecular weight excluding hydrogens is 342 g/mol. The third-order valence-corrected chi connectivity index (χ3v) is 3.78. The van der Waals surface area contributed by atoms with Gasteiger partial charge in [0.15, 0.2) is 0 Å². The van der Waals surface area contributed by atoms with Gasteiger partial charge >= 0.3 is 0 Å². The molecule has 0 aliphatic heterocycles. The molecule has 3 N–H and O–H groups in total. The quantitative estimate of drug-likeness (QED) is 0.727. The van der Waals surface area contributed by atoms with Crippen molar-refractivity contribution < 1.29 is 9.32 Å². The average molecular weight is 362 g/mol. The van der Waals surface area contributed by atoms with Crippen LogP contribution in [0.1, 0.15) is 6.92 Å². The second-order valence-corrected chi connectivity index (χ2v) is 5.68. The summed E-state index contributed by atoms with van der Waals surface area (Å²) in [5.41, 5.74) is 9.15. The molecule has 0 aliphatic carbocycles. The molecule has 3 aromatic rings. The Labute approximate surface area is 151 Å². The van der Waals surface area contributed by atoms with Crippen molar-refractivity contribution in [3.63, 3.8) is 0 Å². The Bertz CT molecular complexity index is 841. The van der Waals surface area contributed by atoms with Crippen LogP contribution in [0, 0.1) is 5.92 Å². The van der Waals surface area contributed by atoms with Crippen molar-refractivity contribution in [2.24, 2.45) is 18.7 Å². The van der Waals surface area contributed by atoms with Gasteiger partial charge in [-0.3, -0.25) is 14.8 Å². The van der Waals surface area contributed by atoms with E-state index in [4.69, 9.17) is 10.3 Å². The number of carbonyl (C=O) groups excluding carboxylic acids is 1. The van der Waals surface area contributed by atoms with Crippen molar-refractivity contribution in [2.75, 3.05) is 11.9 Å². The molecule has 1 atom stereocenters. The second-order valence-electron chi connectivity index (χ2n) is 5.68. The van der Waals surface area contributed by atoms with E-state index >= 15 is 0 Å². The first-order valence-corrected chi connectivity index (χ1v) is 7.64. The van der Waals surface area contributed by atoms with Crippen LogP contribution in [0.2, 0.25) is 0 Å². The summed E-state index contributed by atoms with van der Waals surface area (Å²) in [6, 6.07) is 9.59. The molecule has 2 aromatic heterocycles. The van der Waals surface area contributed by atoms with Crippen molar-refractivity contribution >= 4 is 24.2 Å². The monoisotopic (exact) mass is 361 g/mol. The Morgan fingerprint density at radius 1 is 1.28 bits per heavy atom. The standard InChI is InChI=1S/C17H19N5O2.ClH/c1-11(8-18)17(23)20-16-7-15(21-24-16)13-5-3-12(4-6-13)14-9-19-22(2)10-14;/h3-7,9-11H,8,18H2,1-2H3,(H,20,23);1H/t11-;/m0./s1. The van der Waals surface area contributed by atoms with E-state index in [1.54, 1.807) is 17.7 Å². The molecule has 0 saturated carbocycles. The zero-order valence-corrected chi connectivity index (χ0v) is 14.8. The summed E-state index contributed by atoms with van der Waals surface area (Å²) < 4.78 is 6.93. The Hall–Kier alpha value is -2.64. The Morgan fingerprint density at radius 3 is 2.56 bits per heavy atom. The molecular formula is C17H20ClN5O2. The van der Waals surface area contributed by atoms with Crippen LogP contribution in [0.4, 0.5) is 5.88 Å². The van der Waals surface area contributed by atoms with E-state index < -0.39 is 0 Å². The molecule has 25 heavy (non-hydrogen) atoms. The normalized spacial score (nSPS) is 11.6. The number of carbonyl (C=O) groups is 1. The minimum atomic E-state index is -0.280. The fourth-order valence-electron chi connectivity index (χ4n) is 2.23. The highest BCUT2D eigenvalue weighted by atomic mass is 35.5. The second kappa shape index (κ2) is 7.96. The van der Waals surface area contributed by atoms with Gasteiger partial charge in [-0.1, -0.05) is 36.3 Å². The number of aromatic nitrogens is 3. The fraction of sp³-hybridized carbons (Fsp3) is 0.235. The summed E-state index contributed by atoms with van der Waals surface area (Å²) in [6.45, 7) is 2.03. The molecule has 0 unspecified atom stereocenters. The lowest BCUT2D eigenvalue weighted by Crippen LogP contribution is -2.26. The third-order valence-electron chi connectivity index (χ3n) is 3.78.